The van der Waals surface area contributed by atoms with Gasteiger partial charge in [-0.2, -0.15) is 0 Å². The Hall–Kier alpha value is -2.67. The average Bonchev–Trinajstić information content (AvgIpc) is 2.69. The van der Waals surface area contributed by atoms with E-state index in [-0.39, 0.29) is 5.91 Å². The molecule has 1 fully saturated rings. The number of benzene rings is 1. The molecule has 2 aromatic rings. The maximum absolute atomic E-state index is 12.2. The van der Waals surface area contributed by atoms with Crippen LogP contribution in [0.3, 0.4) is 0 Å². The van der Waals surface area contributed by atoms with E-state index in [1.54, 1.807) is 6.07 Å². The van der Waals surface area contributed by atoms with Crippen molar-refractivity contribution in [2.75, 3.05) is 50.5 Å². The Morgan fingerprint density at radius 2 is 1.85 bits per heavy atom. The molecule has 0 bridgehead atoms. The van der Waals surface area contributed by atoms with Crippen molar-refractivity contribution in [2.24, 2.45) is 0 Å². The number of carbonyl (C=O) groups excluding carboxylic acids is 1. The zero-order valence-corrected chi connectivity index (χ0v) is 16.1. The predicted molar refractivity (Wildman–Crippen MR) is 109 cm³/mol. The predicted octanol–water partition coefficient (Wildman–Crippen LogP) is 2.50. The fourth-order valence-electron chi connectivity index (χ4n) is 3.09. The molecule has 7 nitrogen and oxygen atoms in total. The normalized spacial score (nSPS) is 14.3. The molecule has 1 amide bonds. The minimum absolute atomic E-state index is 0.192. The first-order valence-corrected chi connectivity index (χ1v) is 9.49. The van der Waals surface area contributed by atoms with E-state index in [1.165, 1.54) is 31.3 Å². The quantitative estimate of drug-likeness (QED) is 0.782. The van der Waals surface area contributed by atoms with Crippen molar-refractivity contribution >= 4 is 23.1 Å². The Morgan fingerprint density at radius 1 is 1.11 bits per heavy atom. The number of hydrogen-bond acceptors (Lipinski definition) is 6. The molecule has 1 aromatic heterocycles. The van der Waals surface area contributed by atoms with Crippen LogP contribution in [0.2, 0.25) is 0 Å². The molecular formula is C20H28N6O. The molecule has 1 saturated heterocycles. The Labute approximate surface area is 160 Å². The zero-order valence-electron chi connectivity index (χ0n) is 16.1. The summed E-state index contributed by atoms with van der Waals surface area (Å²) in [4.78, 5) is 24.9. The van der Waals surface area contributed by atoms with Gasteiger partial charge in [0.05, 0.1) is 0 Å². The smallest absolute Gasteiger partial charge is 0.270 e. The average molecular weight is 368 g/mol. The standard InChI is InChI=1S/C20H28N6O/c1-25(2)13-10-21-20(27)18-14-19(23-15-22-18)24-16-6-8-17(9-7-16)26-11-4-3-5-12-26/h6-9,14-15H,3-5,10-13H2,1-2H3,(H,21,27)(H,22,23,24). The molecule has 0 spiro atoms. The maximum Gasteiger partial charge on any atom is 0.270 e. The van der Waals surface area contributed by atoms with Crippen LogP contribution in [0.5, 0.6) is 0 Å². The first-order valence-electron chi connectivity index (χ1n) is 9.49. The minimum atomic E-state index is -0.192. The Morgan fingerprint density at radius 3 is 2.56 bits per heavy atom. The molecule has 2 N–H and O–H groups in total. The highest BCUT2D eigenvalue weighted by atomic mass is 16.1. The lowest BCUT2D eigenvalue weighted by atomic mass is 10.1. The first-order chi connectivity index (χ1) is 13.1. The van der Waals surface area contributed by atoms with Crippen LogP contribution in [0.1, 0.15) is 29.8 Å². The number of hydrogen-bond donors (Lipinski definition) is 2. The van der Waals surface area contributed by atoms with Crippen LogP contribution < -0.4 is 15.5 Å². The van der Waals surface area contributed by atoms with Crippen molar-refractivity contribution in [3.8, 4) is 0 Å². The van der Waals surface area contributed by atoms with E-state index in [0.29, 0.717) is 18.1 Å². The molecule has 144 valence electrons. The van der Waals surface area contributed by atoms with E-state index in [1.807, 2.05) is 31.1 Å². The van der Waals surface area contributed by atoms with E-state index >= 15 is 0 Å². The van der Waals surface area contributed by atoms with Gasteiger partial charge in [-0.25, -0.2) is 9.97 Å². The number of piperidine rings is 1. The number of likely N-dealkylation sites (N-methyl/N-ethyl adjacent to an activating group) is 1. The van der Waals surface area contributed by atoms with Gasteiger partial charge in [0.1, 0.15) is 17.8 Å². The minimum Gasteiger partial charge on any atom is -0.372 e. The molecular weight excluding hydrogens is 340 g/mol. The Balaban J connectivity index is 1.59. The van der Waals surface area contributed by atoms with Gasteiger partial charge in [0, 0.05) is 43.6 Å². The summed E-state index contributed by atoms with van der Waals surface area (Å²) in [5.74, 6) is 0.413. The van der Waals surface area contributed by atoms with Crippen molar-refractivity contribution in [1.82, 2.24) is 20.2 Å². The van der Waals surface area contributed by atoms with Gasteiger partial charge in [-0.3, -0.25) is 4.79 Å². The van der Waals surface area contributed by atoms with E-state index < -0.39 is 0 Å². The molecule has 1 aliphatic rings. The number of nitrogens with zero attached hydrogens (tertiary/aromatic N) is 4. The third-order valence-electron chi connectivity index (χ3n) is 4.61. The lowest BCUT2D eigenvalue weighted by molar-refractivity contribution is 0.0946. The van der Waals surface area contributed by atoms with Crippen LogP contribution in [0.4, 0.5) is 17.2 Å². The molecule has 1 aliphatic heterocycles. The maximum atomic E-state index is 12.2. The van der Waals surface area contributed by atoms with Crippen molar-refractivity contribution < 1.29 is 4.79 Å². The number of anilines is 3. The lowest BCUT2D eigenvalue weighted by Crippen LogP contribution is -2.31. The summed E-state index contributed by atoms with van der Waals surface area (Å²) < 4.78 is 0. The van der Waals surface area contributed by atoms with Gasteiger partial charge in [-0.05, 0) is 57.6 Å². The molecule has 27 heavy (non-hydrogen) atoms. The van der Waals surface area contributed by atoms with Gasteiger partial charge in [0.25, 0.3) is 5.91 Å². The molecule has 3 rings (SSSR count). The van der Waals surface area contributed by atoms with Crippen molar-refractivity contribution in [3.05, 3.63) is 42.4 Å². The van der Waals surface area contributed by atoms with Crippen LogP contribution in [0, 0.1) is 0 Å². The molecule has 7 heteroatoms. The molecule has 0 saturated carbocycles. The first kappa shape index (κ1) is 19.1. The van der Waals surface area contributed by atoms with Gasteiger partial charge in [0.2, 0.25) is 0 Å². The summed E-state index contributed by atoms with van der Waals surface area (Å²) in [5.41, 5.74) is 2.55. The lowest BCUT2D eigenvalue weighted by Gasteiger charge is -2.28. The van der Waals surface area contributed by atoms with E-state index in [4.69, 9.17) is 0 Å². The number of amides is 1. The monoisotopic (exact) mass is 368 g/mol. The van der Waals surface area contributed by atoms with Crippen molar-refractivity contribution in [3.63, 3.8) is 0 Å². The third kappa shape index (κ3) is 5.65. The second-order valence-electron chi connectivity index (χ2n) is 7.07. The fraction of sp³-hybridized carbons (Fsp3) is 0.450. The number of nitrogens with one attached hydrogen (secondary N) is 2. The third-order valence-corrected chi connectivity index (χ3v) is 4.61. The molecule has 0 radical (unpaired) electrons. The Kier molecular flexibility index (Phi) is 6.59. The molecule has 0 aliphatic carbocycles. The van der Waals surface area contributed by atoms with Gasteiger partial charge < -0.3 is 20.4 Å². The summed E-state index contributed by atoms with van der Waals surface area (Å²) in [6, 6.07) is 10.0. The topological polar surface area (TPSA) is 73.4 Å². The van der Waals surface area contributed by atoms with Gasteiger partial charge >= 0.3 is 0 Å². The highest BCUT2D eigenvalue weighted by molar-refractivity contribution is 5.92. The second-order valence-corrected chi connectivity index (χ2v) is 7.07. The van der Waals surface area contributed by atoms with E-state index in [0.717, 1.165) is 25.3 Å². The van der Waals surface area contributed by atoms with Gasteiger partial charge in [-0.1, -0.05) is 0 Å². The molecule has 0 atom stereocenters. The fourth-order valence-corrected chi connectivity index (χ4v) is 3.09. The van der Waals surface area contributed by atoms with E-state index in [2.05, 4.69) is 37.6 Å². The van der Waals surface area contributed by atoms with Crippen LogP contribution >= 0.6 is 0 Å². The molecule has 2 heterocycles. The highest BCUT2D eigenvalue weighted by Crippen LogP contribution is 2.23. The summed E-state index contributed by atoms with van der Waals surface area (Å²) >= 11 is 0. The number of carbonyl (C=O) groups is 1. The molecule has 1 aromatic carbocycles. The summed E-state index contributed by atoms with van der Waals surface area (Å²) in [6.07, 6.45) is 5.26. The van der Waals surface area contributed by atoms with Crippen LogP contribution in [0.25, 0.3) is 0 Å². The number of rotatable bonds is 7. The highest BCUT2D eigenvalue weighted by Gasteiger charge is 2.11. The van der Waals surface area contributed by atoms with Gasteiger partial charge in [-0.15, -0.1) is 0 Å². The van der Waals surface area contributed by atoms with Gasteiger partial charge in [0.15, 0.2) is 0 Å². The summed E-state index contributed by atoms with van der Waals surface area (Å²) in [5, 5.41) is 6.11. The second kappa shape index (κ2) is 9.32. The van der Waals surface area contributed by atoms with Crippen LogP contribution in [-0.4, -0.2) is 61.0 Å². The summed E-state index contributed by atoms with van der Waals surface area (Å²) in [7, 11) is 3.94. The largest absolute Gasteiger partial charge is 0.372 e. The van der Waals surface area contributed by atoms with Crippen LogP contribution in [0.15, 0.2) is 36.7 Å². The van der Waals surface area contributed by atoms with E-state index in [9.17, 15) is 4.79 Å². The SMILES string of the molecule is CN(C)CCNC(=O)c1cc(Nc2ccc(N3CCCCC3)cc2)ncn1. The molecule has 0 unspecified atom stereocenters. The number of aromatic nitrogens is 2. The zero-order chi connectivity index (χ0) is 19.1. The Bertz CT molecular complexity index is 740. The summed E-state index contributed by atoms with van der Waals surface area (Å²) in [6.45, 7) is 3.62. The van der Waals surface area contributed by atoms with Crippen LogP contribution in [-0.2, 0) is 0 Å². The van der Waals surface area contributed by atoms with Crippen molar-refractivity contribution in [1.29, 1.82) is 0 Å². The van der Waals surface area contributed by atoms with Crippen molar-refractivity contribution in [2.45, 2.75) is 19.3 Å².